The van der Waals surface area contributed by atoms with Crippen molar-refractivity contribution in [3.8, 4) is 28.6 Å². The summed E-state index contributed by atoms with van der Waals surface area (Å²) in [4.78, 5) is 127. The summed E-state index contributed by atoms with van der Waals surface area (Å²) < 4.78 is 80.5. The van der Waals surface area contributed by atoms with Crippen molar-refractivity contribution in [2.75, 3.05) is 20.3 Å². The molecule has 2 aliphatic rings. The van der Waals surface area contributed by atoms with E-state index >= 15 is 0 Å². The minimum atomic E-state index is -1.73. The van der Waals surface area contributed by atoms with Crippen LogP contribution < -0.4 is 19.6 Å². The van der Waals surface area contributed by atoms with Gasteiger partial charge < -0.3 is 66.0 Å². The Morgan fingerprint density at radius 1 is 0.533 bits per heavy atom. The summed E-state index contributed by atoms with van der Waals surface area (Å²) in [6.45, 7) is 7.46. The van der Waals surface area contributed by atoms with Gasteiger partial charge in [0.15, 0.2) is 41.7 Å². The zero-order valence-electron chi connectivity index (χ0n) is 41.8. The Labute approximate surface area is 426 Å². The van der Waals surface area contributed by atoms with Crippen molar-refractivity contribution >= 4 is 64.7 Å². The van der Waals surface area contributed by atoms with Crippen molar-refractivity contribution in [2.24, 2.45) is 0 Å². The Kier molecular flexibility index (Phi) is 18.3. The molecule has 0 N–H and O–H groups in total. The fraction of sp³-hybridized carbons (Fsp3) is 0.412. The van der Waals surface area contributed by atoms with Gasteiger partial charge in [-0.2, -0.15) is 0 Å². The third kappa shape index (κ3) is 14.0. The summed E-state index contributed by atoms with van der Waals surface area (Å²) in [5.41, 5.74) is -1.01. The van der Waals surface area contributed by atoms with Crippen molar-refractivity contribution in [3.05, 3.63) is 88.1 Å². The fourth-order valence-electron chi connectivity index (χ4n) is 8.27. The molecular formula is C51H52O24. The average molecular weight is 1050 g/mol. The molecule has 0 unspecified atom stereocenters. The van der Waals surface area contributed by atoms with E-state index in [2.05, 4.69) is 0 Å². The number of hydrogen-bond donors (Lipinski definition) is 0. The highest BCUT2D eigenvalue weighted by Gasteiger charge is 2.55. The molecular weight excluding hydrogens is 997 g/mol. The number of carbonyl (C=O) groups is 9. The van der Waals surface area contributed by atoms with Crippen LogP contribution in [0.3, 0.4) is 0 Å². The minimum absolute atomic E-state index is 0.0214. The van der Waals surface area contributed by atoms with Crippen molar-refractivity contribution in [2.45, 2.75) is 117 Å². The largest absolute Gasteiger partial charge is 0.496 e. The third-order valence-corrected chi connectivity index (χ3v) is 11.0. The second kappa shape index (κ2) is 24.6. The van der Waals surface area contributed by atoms with E-state index in [0.717, 1.165) is 61.5 Å². The number of ether oxygens (including phenoxy) is 13. The molecule has 2 fully saturated rings. The maximum absolute atomic E-state index is 14.6. The Balaban J connectivity index is 1.47. The van der Waals surface area contributed by atoms with Gasteiger partial charge in [0.25, 0.3) is 0 Å². The molecule has 75 heavy (non-hydrogen) atoms. The maximum Gasteiger partial charge on any atom is 0.343 e. The molecule has 3 aromatic carbocycles. The molecule has 0 saturated carbocycles. The fourth-order valence-corrected chi connectivity index (χ4v) is 8.27. The van der Waals surface area contributed by atoms with E-state index in [9.17, 15) is 47.9 Å². The van der Waals surface area contributed by atoms with Gasteiger partial charge in [-0.1, -0.05) is 18.2 Å². The summed E-state index contributed by atoms with van der Waals surface area (Å²) in [7, 11) is 1.21. The molecule has 24 heteroatoms. The molecule has 0 radical (unpaired) electrons. The molecule has 24 nitrogen and oxygen atoms in total. The molecule has 0 amide bonds. The normalized spacial score (nSPS) is 23.0. The molecule has 0 aliphatic carbocycles. The van der Waals surface area contributed by atoms with Crippen LogP contribution in [0, 0.1) is 0 Å². The van der Waals surface area contributed by atoms with Gasteiger partial charge in [-0.25, -0.2) is 4.79 Å². The molecule has 0 spiro atoms. The zero-order valence-corrected chi connectivity index (χ0v) is 41.8. The van der Waals surface area contributed by atoms with Crippen LogP contribution in [0.5, 0.6) is 17.2 Å². The predicted octanol–water partition coefficient (Wildman–Crippen LogP) is 3.95. The van der Waals surface area contributed by atoms with Gasteiger partial charge in [0.05, 0.1) is 18.2 Å². The van der Waals surface area contributed by atoms with Crippen LogP contribution in [0.4, 0.5) is 0 Å². The Hall–Kier alpha value is -8.38. The van der Waals surface area contributed by atoms with Crippen LogP contribution in [0.15, 0.2) is 75.9 Å². The quantitative estimate of drug-likeness (QED) is 0.0821. The average Bonchev–Trinajstić information content (AvgIpc) is 3.32. The highest BCUT2D eigenvalue weighted by Crippen LogP contribution is 2.48. The third-order valence-electron chi connectivity index (χ3n) is 11.0. The highest BCUT2D eigenvalue weighted by atomic mass is 16.7. The molecule has 1 aromatic heterocycles. The van der Waals surface area contributed by atoms with E-state index in [1.54, 1.807) is 18.2 Å². The van der Waals surface area contributed by atoms with Crippen LogP contribution in [0.2, 0.25) is 0 Å². The summed E-state index contributed by atoms with van der Waals surface area (Å²) in [5.74, 6) is -8.48. The molecule has 0 bridgehead atoms. The first-order valence-electron chi connectivity index (χ1n) is 22.9. The molecule has 2 aliphatic heterocycles. The summed E-state index contributed by atoms with van der Waals surface area (Å²) in [5, 5.41) is -0.365. The number of hydrogen-bond acceptors (Lipinski definition) is 24. The number of benzene rings is 3. The lowest BCUT2D eigenvalue weighted by Crippen LogP contribution is -2.63. The second-order valence-corrected chi connectivity index (χ2v) is 16.8. The Bertz CT molecular complexity index is 2870. The van der Waals surface area contributed by atoms with Gasteiger partial charge >= 0.3 is 53.7 Å². The molecule has 2 saturated heterocycles. The van der Waals surface area contributed by atoms with E-state index in [-0.39, 0.29) is 44.9 Å². The standard InChI is InChI=1S/C51H52O24/c1-23(52)63-21-38-42(65-25(3)54)46(67-27(5)56)48(69-29(7)58)45(73-38)41-36(62-9)20-37-40(44(41)75-50(61)32-13-11-10-12-14-32)34(60)19-35(72-37)31-15-17-33(18-16-31)71-51-49(70-30(8)59)47(68-28(6)57)43(66-26(4)55)39(74-51)22-64-24(2)53/h10-20,38-39,42-43,45-49,51H,21-22H2,1-9H3/t38-,39-,42-,43-,45+,46+,47+,48+,49-,51-/m1/s1. The van der Waals surface area contributed by atoms with Gasteiger partial charge in [0.2, 0.25) is 12.4 Å². The van der Waals surface area contributed by atoms with Gasteiger partial charge in [-0.15, -0.1) is 0 Å². The zero-order chi connectivity index (χ0) is 54.8. The number of esters is 9. The first kappa shape index (κ1) is 55.9. The number of rotatable bonds is 17. The van der Waals surface area contributed by atoms with Gasteiger partial charge in [0.1, 0.15) is 59.8 Å². The van der Waals surface area contributed by atoms with Crippen molar-refractivity contribution in [1.29, 1.82) is 0 Å². The summed E-state index contributed by atoms with van der Waals surface area (Å²) in [6, 6.07) is 15.7. The van der Waals surface area contributed by atoms with E-state index in [0.29, 0.717) is 0 Å². The number of methoxy groups -OCH3 is 1. The van der Waals surface area contributed by atoms with Gasteiger partial charge in [0, 0.05) is 73.1 Å². The molecule has 6 rings (SSSR count). The van der Waals surface area contributed by atoms with E-state index in [1.165, 1.54) is 49.6 Å². The Morgan fingerprint density at radius 3 is 1.52 bits per heavy atom. The van der Waals surface area contributed by atoms with Gasteiger partial charge in [-0.05, 0) is 36.4 Å². The van der Waals surface area contributed by atoms with Crippen molar-refractivity contribution < 1.29 is 109 Å². The molecule has 4 aromatic rings. The molecule has 3 heterocycles. The minimum Gasteiger partial charge on any atom is -0.496 e. The summed E-state index contributed by atoms with van der Waals surface area (Å²) in [6.07, 6.45) is -15.5. The van der Waals surface area contributed by atoms with Crippen LogP contribution in [-0.2, 0) is 85.7 Å². The first-order chi connectivity index (χ1) is 35.5. The lowest BCUT2D eigenvalue weighted by molar-refractivity contribution is -0.288. The van der Waals surface area contributed by atoms with Crippen LogP contribution in [0.25, 0.3) is 22.3 Å². The lowest BCUT2D eigenvalue weighted by atomic mass is 9.88. The first-order valence-corrected chi connectivity index (χ1v) is 22.9. The lowest BCUT2D eigenvalue weighted by Gasteiger charge is -2.45. The van der Waals surface area contributed by atoms with Crippen molar-refractivity contribution in [3.63, 3.8) is 0 Å². The highest BCUT2D eigenvalue weighted by molar-refractivity contribution is 5.96. The van der Waals surface area contributed by atoms with Crippen LogP contribution in [-0.4, -0.2) is 129 Å². The van der Waals surface area contributed by atoms with Crippen LogP contribution >= 0.6 is 0 Å². The maximum atomic E-state index is 14.6. The van der Waals surface area contributed by atoms with Crippen molar-refractivity contribution in [1.82, 2.24) is 0 Å². The number of carbonyl (C=O) groups excluding carboxylic acids is 9. The molecule has 10 atom stereocenters. The topological polar surface area (TPSA) is 304 Å². The van der Waals surface area contributed by atoms with E-state index in [1.807, 2.05) is 0 Å². The SMILES string of the molecule is COc1cc2oc(-c3ccc(O[C@@H]4O[C@H](COC(C)=O)[C@@H](OC(C)=O)[C@H](OC(C)=O)[C@H]4OC(C)=O)cc3)cc(=O)c2c(OC(=O)c2ccccc2)c1[C@@H]1O[C@H](COC(C)=O)[C@@H](OC(C)=O)[C@H](OC(C)=O)[C@H]1OC(C)=O. The Morgan fingerprint density at radius 2 is 1.01 bits per heavy atom. The summed E-state index contributed by atoms with van der Waals surface area (Å²) >= 11 is 0. The smallest absolute Gasteiger partial charge is 0.343 e. The van der Waals surface area contributed by atoms with Gasteiger partial charge in [-0.3, -0.25) is 43.2 Å². The second-order valence-electron chi connectivity index (χ2n) is 16.8. The molecule has 400 valence electrons. The van der Waals surface area contributed by atoms with E-state index in [4.69, 9.17) is 66.0 Å². The van der Waals surface area contributed by atoms with E-state index < -0.39 is 139 Å². The van der Waals surface area contributed by atoms with Crippen LogP contribution in [0.1, 0.15) is 77.4 Å². The predicted molar refractivity (Wildman–Crippen MR) is 249 cm³/mol. The monoisotopic (exact) mass is 1050 g/mol. The number of fused-ring (bicyclic) bond motifs is 1.